The fourth-order valence-corrected chi connectivity index (χ4v) is 0.540. The number of aliphatic imine (C=N–C) groups is 1. The molecule has 2 N–H and O–H groups in total. The molecule has 9 heavy (non-hydrogen) atoms. The number of nitrogens with two attached hydrogens (primary N) is 1. The van der Waals surface area contributed by atoms with E-state index in [9.17, 15) is 4.79 Å². The second-order valence-electron chi connectivity index (χ2n) is 2.02. The van der Waals surface area contributed by atoms with Crippen molar-refractivity contribution in [2.45, 2.75) is 26.3 Å². The summed E-state index contributed by atoms with van der Waals surface area (Å²) in [5.41, 5.74) is 5.26. The number of rotatable bonds is 3. The second kappa shape index (κ2) is 4.06. The Labute approximate surface area is 55.0 Å². The van der Waals surface area contributed by atoms with Gasteiger partial charge in [0.1, 0.15) is 6.29 Å². The maximum Gasteiger partial charge on any atom is 0.122 e. The predicted octanol–water partition coefficient (Wildman–Crippen LogP) is 0.341. The van der Waals surface area contributed by atoms with Gasteiger partial charge in [0, 0.05) is 6.42 Å². The first-order valence-electron chi connectivity index (χ1n) is 2.90. The maximum absolute atomic E-state index is 9.89. The third-order valence-electron chi connectivity index (χ3n) is 0.861. The summed E-state index contributed by atoms with van der Waals surface area (Å²) in [5, 5.41) is 0. The molecular formula is C6H12N2O. The lowest BCUT2D eigenvalue weighted by Crippen LogP contribution is -2.10. The normalized spacial score (nSPS) is 15.1. The topological polar surface area (TPSA) is 55.4 Å². The number of aldehydes is 1. The van der Waals surface area contributed by atoms with Crippen molar-refractivity contribution in [3.8, 4) is 0 Å². The van der Waals surface area contributed by atoms with Crippen LogP contribution in [0, 0.1) is 0 Å². The van der Waals surface area contributed by atoms with Crippen LogP contribution in [0.4, 0.5) is 0 Å². The van der Waals surface area contributed by atoms with Gasteiger partial charge in [-0.2, -0.15) is 0 Å². The lowest BCUT2D eigenvalue weighted by atomic mass is 10.3. The Hall–Kier alpha value is -0.860. The van der Waals surface area contributed by atoms with Crippen LogP contribution in [-0.4, -0.2) is 18.2 Å². The summed E-state index contributed by atoms with van der Waals surface area (Å²) in [4.78, 5) is 13.8. The van der Waals surface area contributed by atoms with Gasteiger partial charge >= 0.3 is 0 Å². The maximum atomic E-state index is 9.89. The number of hydrogen-bond acceptors (Lipinski definition) is 2. The Bertz CT molecular complexity index is 116. The molecule has 0 bridgehead atoms. The average molecular weight is 128 g/mol. The number of carbonyl (C=O) groups excluding carboxylic acids is 1. The van der Waals surface area contributed by atoms with Crippen molar-refractivity contribution in [3.63, 3.8) is 0 Å². The summed E-state index contributed by atoms with van der Waals surface area (Å²) in [6.45, 7) is 3.56. The minimum Gasteiger partial charge on any atom is -0.388 e. The first-order chi connectivity index (χ1) is 4.16. The molecule has 0 aliphatic heterocycles. The molecule has 1 atom stereocenters. The lowest BCUT2D eigenvalue weighted by Gasteiger charge is -1.98. The SMILES string of the molecule is CC(N)=NC(C)CC=O. The van der Waals surface area contributed by atoms with Gasteiger partial charge in [0.05, 0.1) is 11.9 Å². The number of carbonyl (C=O) groups is 1. The Balaban J connectivity index is 3.61. The second-order valence-corrected chi connectivity index (χ2v) is 2.02. The average Bonchev–Trinajstić information content (AvgIpc) is 1.63. The van der Waals surface area contributed by atoms with Gasteiger partial charge in [-0.15, -0.1) is 0 Å². The number of nitrogens with zero attached hydrogens (tertiary/aromatic N) is 1. The fourth-order valence-electron chi connectivity index (χ4n) is 0.540. The van der Waals surface area contributed by atoms with Gasteiger partial charge in [0.15, 0.2) is 0 Å². The summed E-state index contributed by atoms with van der Waals surface area (Å²) in [6.07, 6.45) is 1.30. The summed E-state index contributed by atoms with van der Waals surface area (Å²) in [7, 11) is 0. The molecule has 0 rings (SSSR count). The highest BCUT2D eigenvalue weighted by Crippen LogP contribution is 1.91. The van der Waals surface area contributed by atoms with Crippen molar-refractivity contribution in [2.75, 3.05) is 0 Å². The summed E-state index contributed by atoms with van der Waals surface area (Å²) < 4.78 is 0. The molecule has 0 saturated carbocycles. The van der Waals surface area contributed by atoms with Crippen molar-refractivity contribution >= 4 is 12.1 Å². The molecule has 0 spiro atoms. The highest BCUT2D eigenvalue weighted by Gasteiger charge is 1.94. The molecule has 0 amide bonds. The van der Waals surface area contributed by atoms with E-state index in [0.29, 0.717) is 12.3 Å². The zero-order chi connectivity index (χ0) is 7.28. The standard InChI is InChI=1S/C6H12N2O/c1-5(3-4-9)8-6(2)7/h4-5H,3H2,1-2H3,(H2,7,8). The van der Waals surface area contributed by atoms with Gasteiger partial charge < -0.3 is 10.5 Å². The van der Waals surface area contributed by atoms with Crippen molar-refractivity contribution in [3.05, 3.63) is 0 Å². The summed E-state index contributed by atoms with van der Waals surface area (Å²) >= 11 is 0. The van der Waals surface area contributed by atoms with Crippen LogP contribution in [0.15, 0.2) is 4.99 Å². The first-order valence-corrected chi connectivity index (χ1v) is 2.90. The summed E-state index contributed by atoms with van der Waals surface area (Å²) in [5.74, 6) is 0.532. The highest BCUT2D eigenvalue weighted by molar-refractivity contribution is 5.77. The molecule has 0 saturated heterocycles. The van der Waals surface area contributed by atoms with Crippen LogP contribution in [-0.2, 0) is 4.79 Å². The fraction of sp³-hybridized carbons (Fsp3) is 0.667. The van der Waals surface area contributed by atoms with Gasteiger partial charge in [0.25, 0.3) is 0 Å². The largest absolute Gasteiger partial charge is 0.388 e. The van der Waals surface area contributed by atoms with E-state index < -0.39 is 0 Å². The lowest BCUT2D eigenvalue weighted by molar-refractivity contribution is -0.108. The van der Waals surface area contributed by atoms with E-state index in [-0.39, 0.29) is 6.04 Å². The van der Waals surface area contributed by atoms with Crippen LogP contribution < -0.4 is 5.73 Å². The zero-order valence-electron chi connectivity index (χ0n) is 5.79. The Morgan fingerprint density at radius 1 is 1.89 bits per heavy atom. The third-order valence-corrected chi connectivity index (χ3v) is 0.861. The molecular weight excluding hydrogens is 116 g/mol. The summed E-state index contributed by atoms with van der Waals surface area (Å²) in [6, 6.07) is 0.0347. The van der Waals surface area contributed by atoms with Gasteiger partial charge in [0.2, 0.25) is 0 Å². The highest BCUT2D eigenvalue weighted by atomic mass is 16.1. The van der Waals surface area contributed by atoms with Crippen LogP contribution in [0.2, 0.25) is 0 Å². The van der Waals surface area contributed by atoms with Crippen LogP contribution in [0.5, 0.6) is 0 Å². The van der Waals surface area contributed by atoms with E-state index in [1.54, 1.807) is 6.92 Å². The predicted molar refractivity (Wildman–Crippen MR) is 37.4 cm³/mol. The molecule has 0 aliphatic carbocycles. The number of hydrogen-bond donors (Lipinski definition) is 1. The molecule has 3 heteroatoms. The molecule has 0 aromatic rings. The Morgan fingerprint density at radius 3 is 2.78 bits per heavy atom. The van der Waals surface area contributed by atoms with E-state index in [1.807, 2.05) is 6.92 Å². The quantitative estimate of drug-likeness (QED) is 0.338. The van der Waals surface area contributed by atoms with Gasteiger partial charge in [-0.1, -0.05) is 0 Å². The molecule has 52 valence electrons. The molecule has 3 nitrogen and oxygen atoms in total. The molecule has 0 aliphatic rings. The monoisotopic (exact) mass is 128 g/mol. The van der Waals surface area contributed by atoms with E-state index >= 15 is 0 Å². The third kappa shape index (κ3) is 5.00. The Kier molecular flexibility index (Phi) is 3.67. The molecule has 1 unspecified atom stereocenters. The smallest absolute Gasteiger partial charge is 0.122 e. The molecule has 0 radical (unpaired) electrons. The van der Waals surface area contributed by atoms with Gasteiger partial charge in [-0.05, 0) is 13.8 Å². The minimum atomic E-state index is 0.0347. The minimum absolute atomic E-state index is 0.0347. The zero-order valence-corrected chi connectivity index (χ0v) is 5.79. The van der Waals surface area contributed by atoms with Crippen LogP contribution >= 0.6 is 0 Å². The van der Waals surface area contributed by atoms with E-state index in [4.69, 9.17) is 5.73 Å². The molecule has 0 aromatic carbocycles. The van der Waals surface area contributed by atoms with Crippen LogP contribution in [0.3, 0.4) is 0 Å². The van der Waals surface area contributed by atoms with Gasteiger partial charge in [-0.3, -0.25) is 4.99 Å². The molecule has 0 heterocycles. The van der Waals surface area contributed by atoms with Gasteiger partial charge in [-0.25, -0.2) is 0 Å². The van der Waals surface area contributed by atoms with Crippen molar-refractivity contribution in [1.29, 1.82) is 0 Å². The van der Waals surface area contributed by atoms with Crippen LogP contribution in [0.25, 0.3) is 0 Å². The Morgan fingerprint density at radius 2 is 2.44 bits per heavy atom. The van der Waals surface area contributed by atoms with Crippen molar-refractivity contribution in [1.82, 2.24) is 0 Å². The van der Waals surface area contributed by atoms with Crippen molar-refractivity contribution < 1.29 is 4.79 Å². The van der Waals surface area contributed by atoms with E-state index in [2.05, 4.69) is 4.99 Å². The molecule has 0 fully saturated rings. The van der Waals surface area contributed by atoms with Crippen molar-refractivity contribution in [2.24, 2.45) is 10.7 Å². The first kappa shape index (κ1) is 8.14. The number of amidine groups is 1. The van der Waals surface area contributed by atoms with E-state index in [0.717, 1.165) is 6.29 Å². The van der Waals surface area contributed by atoms with E-state index in [1.165, 1.54) is 0 Å². The van der Waals surface area contributed by atoms with Crippen LogP contribution in [0.1, 0.15) is 20.3 Å². The molecule has 0 aromatic heterocycles.